The summed E-state index contributed by atoms with van der Waals surface area (Å²) >= 11 is 1.47. The molecule has 0 aliphatic carbocycles. The monoisotopic (exact) mass is 308 g/mol. The first kappa shape index (κ1) is 14.3. The lowest BCUT2D eigenvalue weighted by molar-refractivity contribution is 0.0639. The number of hydrogen-bond acceptors (Lipinski definition) is 4. The number of carbonyl (C=O) groups excluding carboxylic acids is 2. The second-order valence-corrected chi connectivity index (χ2v) is 6.56. The van der Waals surface area contributed by atoms with Crippen molar-refractivity contribution in [2.24, 2.45) is 0 Å². The summed E-state index contributed by atoms with van der Waals surface area (Å²) in [7, 11) is 0. The predicted molar refractivity (Wildman–Crippen MR) is 80.5 cm³/mol. The van der Waals surface area contributed by atoms with Crippen LogP contribution in [0.1, 0.15) is 34.4 Å². The van der Waals surface area contributed by atoms with Crippen molar-refractivity contribution in [3.05, 3.63) is 16.1 Å². The van der Waals surface area contributed by atoms with Crippen LogP contribution in [0.25, 0.3) is 0 Å². The van der Waals surface area contributed by atoms with Gasteiger partial charge in [-0.15, -0.1) is 11.3 Å². The van der Waals surface area contributed by atoms with Crippen molar-refractivity contribution in [3.8, 4) is 0 Å². The number of piperidine rings is 1. The van der Waals surface area contributed by atoms with Crippen LogP contribution in [0.15, 0.2) is 6.20 Å². The smallest absolute Gasteiger partial charge is 0.317 e. The van der Waals surface area contributed by atoms with Crippen LogP contribution in [0.2, 0.25) is 0 Å². The molecule has 3 heterocycles. The predicted octanol–water partition coefficient (Wildman–Crippen LogP) is 1.34. The van der Waals surface area contributed by atoms with E-state index >= 15 is 0 Å². The average molecular weight is 308 g/mol. The van der Waals surface area contributed by atoms with Gasteiger partial charge >= 0.3 is 6.03 Å². The van der Waals surface area contributed by atoms with Crippen LogP contribution in [0.3, 0.4) is 0 Å². The van der Waals surface area contributed by atoms with Gasteiger partial charge in [-0.2, -0.15) is 0 Å². The number of aryl methyl sites for hydroxylation is 1. The van der Waals surface area contributed by atoms with Gasteiger partial charge in [0.1, 0.15) is 4.88 Å². The van der Waals surface area contributed by atoms with Gasteiger partial charge in [-0.05, 0) is 19.3 Å². The fourth-order valence-corrected chi connectivity index (χ4v) is 3.78. The Kier molecular flexibility index (Phi) is 4.10. The van der Waals surface area contributed by atoms with Crippen molar-refractivity contribution in [3.63, 3.8) is 0 Å². The number of nitrogens with one attached hydrogen (secondary N) is 1. The Balaban J connectivity index is 1.67. The van der Waals surface area contributed by atoms with Gasteiger partial charge in [0.2, 0.25) is 0 Å². The maximum absolute atomic E-state index is 12.5. The van der Waals surface area contributed by atoms with Gasteiger partial charge in [-0.3, -0.25) is 4.79 Å². The van der Waals surface area contributed by atoms with Crippen LogP contribution < -0.4 is 5.32 Å². The van der Waals surface area contributed by atoms with Crippen molar-refractivity contribution in [1.29, 1.82) is 0 Å². The first-order chi connectivity index (χ1) is 10.2. The standard InChI is InChI=1S/C14H20N4O2S/c1-2-12-16-8-11(21-12)13(19)17-6-3-4-10(9-17)18-7-5-15-14(18)20/h8,10H,2-7,9H2,1H3,(H,15,20). The maximum atomic E-state index is 12.5. The summed E-state index contributed by atoms with van der Waals surface area (Å²) in [5, 5.41) is 3.82. The minimum Gasteiger partial charge on any atom is -0.336 e. The minimum absolute atomic E-state index is 0.000332. The molecule has 2 aliphatic heterocycles. The summed E-state index contributed by atoms with van der Waals surface area (Å²) in [5.74, 6) is 0.0523. The Morgan fingerprint density at radius 2 is 2.38 bits per heavy atom. The molecule has 3 amide bonds. The number of aromatic nitrogens is 1. The highest BCUT2D eigenvalue weighted by molar-refractivity contribution is 7.13. The summed E-state index contributed by atoms with van der Waals surface area (Å²) in [6.45, 7) is 4.88. The van der Waals surface area contributed by atoms with E-state index in [4.69, 9.17) is 0 Å². The minimum atomic E-state index is 0.000332. The van der Waals surface area contributed by atoms with Crippen molar-refractivity contribution < 1.29 is 9.59 Å². The molecule has 0 saturated carbocycles. The number of thiazole rings is 1. The van der Waals surface area contributed by atoms with Gasteiger partial charge in [0.05, 0.1) is 17.2 Å². The molecule has 1 aromatic rings. The highest BCUT2D eigenvalue weighted by Gasteiger charge is 2.33. The third-order valence-electron chi connectivity index (χ3n) is 4.08. The molecule has 0 radical (unpaired) electrons. The van der Waals surface area contributed by atoms with Gasteiger partial charge in [-0.25, -0.2) is 9.78 Å². The van der Waals surface area contributed by atoms with Crippen LogP contribution in [-0.2, 0) is 6.42 Å². The molecule has 114 valence electrons. The van der Waals surface area contributed by atoms with Crippen molar-refractivity contribution in [2.75, 3.05) is 26.2 Å². The zero-order valence-corrected chi connectivity index (χ0v) is 13.0. The van der Waals surface area contributed by atoms with Crippen LogP contribution >= 0.6 is 11.3 Å². The summed E-state index contributed by atoms with van der Waals surface area (Å²) in [4.78, 5) is 33.0. The van der Waals surface area contributed by atoms with Crippen molar-refractivity contribution in [1.82, 2.24) is 20.1 Å². The highest BCUT2D eigenvalue weighted by atomic mass is 32.1. The number of rotatable bonds is 3. The number of hydrogen-bond donors (Lipinski definition) is 1. The molecule has 2 fully saturated rings. The molecule has 6 nitrogen and oxygen atoms in total. The summed E-state index contributed by atoms with van der Waals surface area (Å²) < 4.78 is 0. The van der Waals surface area contributed by atoms with Crippen LogP contribution in [0.5, 0.6) is 0 Å². The number of carbonyl (C=O) groups is 2. The molecular weight excluding hydrogens is 288 g/mol. The molecule has 1 unspecified atom stereocenters. The molecule has 0 spiro atoms. The largest absolute Gasteiger partial charge is 0.336 e. The van der Waals surface area contributed by atoms with Crippen LogP contribution in [0.4, 0.5) is 4.79 Å². The van der Waals surface area contributed by atoms with Gasteiger partial charge in [0, 0.05) is 26.2 Å². The lowest BCUT2D eigenvalue weighted by atomic mass is 10.0. The fraction of sp³-hybridized carbons (Fsp3) is 0.643. The molecular formula is C14H20N4O2S. The van der Waals surface area contributed by atoms with Gasteiger partial charge < -0.3 is 15.1 Å². The normalized spacial score (nSPS) is 22.5. The molecule has 0 bridgehead atoms. The third kappa shape index (κ3) is 2.88. The Labute approximate surface area is 128 Å². The van der Waals surface area contributed by atoms with Gasteiger partial charge in [0.25, 0.3) is 5.91 Å². The molecule has 0 aromatic carbocycles. The number of nitrogens with zero attached hydrogens (tertiary/aromatic N) is 3. The molecule has 1 atom stereocenters. The van der Waals surface area contributed by atoms with Crippen LogP contribution in [-0.4, -0.2) is 58.9 Å². The first-order valence-electron chi connectivity index (χ1n) is 7.47. The number of likely N-dealkylation sites (tertiary alicyclic amines) is 1. The van der Waals surface area contributed by atoms with Crippen molar-refractivity contribution >= 4 is 23.3 Å². The van der Waals surface area contributed by atoms with Gasteiger partial charge in [0.15, 0.2) is 0 Å². The van der Waals surface area contributed by atoms with Gasteiger partial charge in [-0.1, -0.05) is 6.92 Å². The van der Waals surface area contributed by atoms with E-state index in [-0.39, 0.29) is 18.0 Å². The maximum Gasteiger partial charge on any atom is 0.317 e. The number of urea groups is 1. The molecule has 1 aromatic heterocycles. The fourth-order valence-electron chi connectivity index (χ4n) is 2.96. The number of amides is 3. The Hall–Kier alpha value is -1.63. The summed E-state index contributed by atoms with van der Waals surface area (Å²) in [5.41, 5.74) is 0. The molecule has 3 rings (SSSR count). The van der Waals surface area contributed by atoms with Crippen LogP contribution in [0, 0.1) is 0 Å². The summed E-state index contributed by atoms with van der Waals surface area (Å²) in [6.07, 6.45) is 4.45. The Morgan fingerprint density at radius 1 is 1.52 bits per heavy atom. The molecule has 1 N–H and O–H groups in total. The molecule has 7 heteroatoms. The highest BCUT2D eigenvalue weighted by Crippen LogP contribution is 2.22. The zero-order valence-electron chi connectivity index (χ0n) is 12.2. The van der Waals surface area contributed by atoms with E-state index in [0.717, 1.165) is 37.4 Å². The lowest BCUT2D eigenvalue weighted by Gasteiger charge is -2.36. The Morgan fingerprint density at radius 3 is 3.05 bits per heavy atom. The van der Waals surface area contributed by atoms with E-state index in [1.54, 1.807) is 6.20 Å². The molecule has 2 aliphatic rings. The van der Waals surface area contributed by atoms with E-state index in [1.807, 2.05) is 16.7 Å². The van der Waals surface area contributed by atoms with Crippen molar-refractivity contribution in [2.45, 2.75) is 32.2 Å². The lowest BCUT2D eigenvalue weighted by Crippen LogP contribution is -2.50. The quantitative estimate of drug-likeness (QED) is 0.916. The average Bonchev–Trinajstić information content (AvgIpc) is 3.15. The SMILES string of the molecule is CCc1ncc(C(=O)N2CCCC(N3CCNC3=O)C2)s1. The first-order valence-corrected chi connectivity index (χ1v) is 8.29. The van der Waals surface area contributed by atoms with E-state index < -0.39 is 0 Å². The van der Waals surface area contributed by atoms with E-state index in [0.29, 0.717) is 18.0 Å². The molecule has 2 saturated heterocycles. The summed E-state index contributed by atoms with van der Waals surface area (Å²) in [6, 6.07) is 0.143. The zero-order chi connectivity index (χ0) is 14.8. The van der Waals surface area contributed by atoms with E-state index in [9.17, 15) is 9.59 Å². The van der Waals surface area contributed by atoms with E-state index in [1.165, 1.54) is 11.3 Å². The third-order valence-corrected chi connectivity index (χ3v) is 5.21. The second kappa shape index (κ2) is 6.01. The Bertz CT molecular complexity index is 545. The topological polar surface area (TPSA) is 65.5 Å². The molecule has 21 heavy (non-hydrogen) atoms. The van der Waals surface area contributed by atoms with E-state index in [2.05, 4.69) is 10.3 Å². The second-order valence-electron chi connectivity index (χ2n) is 5.44.